The summed E-state index contributed by atoms with van der Waals surface area (Å²) in [6, 6.07) is 6.93. The fourth-order valence-electron chi connectivity index (χ4n) is 2.03. The zero-order valence-corrected chi connectivity index (χ0v) is 12.3. The summed E-state index contributed by atoms with van der Waals surface area (Å²) < 4.78 is 9.99. The van der Waals surface area contributed by atoms with Gasteiger partial charge >= 0.3 is 11.9 Å². The van der Waals surface area contributed by atoms with Crippen LogP contribution in [-0.4, -0.2) is 30.1 Å². The van der Waals surface area contributed by atoms with Gasteiger partial charge in [0.1, 0.15) is 5.69 Å². The second-order valence-corrected chi connectivity index (χ2v) is 4.52. The molecule has 0 saturated carbocycles. The van der Waals surface area contributed by atoms with E-state index in [9.17, 15) is 9.59 Å². The summed E-state index contributed by atoms with van der Waals surface area (Å²) in [5.74, 6) is -1.02. The summed E-state index contributed by atoms with van der Waals surface area (Å²) in [6.45, 7) is 5.89. The van der Waals surface area contributed by atoms with Crippen LogP contribution >= 0.6 is 0 Å². The van der Waals surface area contributed by atoms with E-state index in [2.05, 4.69) is 4.98 Å². The molecule has 110 valence electrons. The Morgan fingerprint density at radius 1 is 1.05 bits per heavy atom. The third kappa shape index (κ3) is 3.18. The standard InChI is InChI=1S/C16H17NO4/c1-4-20-15(18)12-9-14(16(19)21-5-2)17-13-7-6-10(3)8-11(12)13/h6-9H,4-5H2,1-3H3. The number of benzene rings is 1. The summed E-state index contributed by atoms with van der Waals surface area (Å²) in [5.41, 5.74) is 2.00. The first-order valence-corrected chi connectivity index (χ1v) is 6.82. The average Bonchev–Trinajstić information content (AvgIpc) is 2.46. The number of hydrogen-bond donors (Lipinski definition) is 0. The quantitative estimate of drug-likeness (QED) is 0.809. The third-order valence-electron chi connectivity index (χ3n) is 2.94. The second-order valence-electron chi connectivity index (χ2n) is 4.52. The fraction of sp³-hybridized carbons (Fsp3) is 0.312. The number of esters is 2. The monoisotopic (exact) mass is 287 g/mol. The first-order chi connectivity index (χ1) is 10.1. The number of hydrogen-bond acceptors (Lipinski definition) is 5. The van der Waals surface area contributed by atoms with Gasteiger partial charge in [0.2, 0.25) is 0 Å². The number of rotatable bonds is 4. The fourth-order valence-corrected chi connectivity index (χ4v) is 2.03. The highest BCUT2D eigenvalue weighted by Gasteiger charge is 2.18. The SMILES string of the molecule is CCOC(=O)c1cc(C(=O)OCC)c2cc(C)ccc2n1. The van der Waals surface area contributed by atoms with Crippen LogP contribution in [0.3, 0.4) is 0 Å². The van der Waals surface area contributed by atoms with Gasteiger partial charge in [-0.15, -0.1) is 0 Å². The van der Waals surface area contributed by atoms with Gasteiger partial charge in [-0.3, -0.25) is 0 Å². The van der Waals surface area contributed by atoms with Crippen LogP contribution in [0.4, 0.5) is 0 Å². The lowest BCUT2D eigenvalue weighted by Gasteiger charge is -2.09. The maximum atomic E-state index is 12.1. The topological polar surface area (TPSA) is 65.5 Å². The molecule has 0 atom stereocenters. The molecule has 5 nitrogen and oxygen atoms in total. The van der Waals surface area contributed by atoms with Crippen LogP contribution in [0.2, 0.25) is 0 Å². The van der Waals surface area contributed by atoms with Crippen molar-refractivity contribution in [2.75, 3.05) is 13.2 Å². The minimum Gasteiger partial charge on any atom is -0.462 e. The van der Waals surface area contributed by atoms with E-state index in [4.69, 9.17) is 9.47 Å². The van der Waals surface area contributed by atoms with Gasteiger partial charge in [0.05, 0.1) is 24.3 Å². The van der Waals surface area contributed by atoms with Gasteiger partial charge in [0, 0.05) is 5.39 Å². The highest BCUT2D eigenvalue weighted by Crippen LogP contribution is 2.21. The molecule has 0 bridgehead atoms. The van der Waals surface area contributed by atoms with Crippen LogP contribution in [0.5, 0.6) is 0 Å². The predicted molar refractivity (Wildman–Crippen MR) is 78.4 cm³/mol. The van der Waals surface area contributed by atoms with Crippen molar-refractivity contribution in [1.29, 1.82) is 0 Å². The van der Waals surface area contributed by atoms with E-state index in [-0.39, 0.29) is 18.9 Å². The van der Waals surface area contributed by atoms with E-state index in [0.717, 1.165) is 5.56 Å². The number of nitrogens with zero attached hydrogens (tertiary/aromatic N) is 1. The Morgan fingerprint density at radius 3 is 2.38 bits per heavy atom. The zero-order valence-electron chi connectivity index (χ0n) is 12.3. The molecule has 21 heavy (non-hydrogen) atoms. The van der Waals surface area contributed by atoms with Crippen LogP contribution in [0, 0.1) is 6.92 Å². The number of aryl methyl sites for hydroxylation is 1. The molecular formula is C16H17NO4. The highest BCUT2D eigenvalue weighted by molar-refractivity contribution is 6.06. The van der Waals surface area contributed by atoms with E-state index >= 15 is 0 Å². The lowest BCUT2D eigenvalue weighted by atomic mass is 10.1. The summed E-state index contributed by atoms with van der Waals surface area (Å²) in [4.78, 5) is 28.2. The summed E-state index contributed by atoms with van der Waals surface area (Å²) in [5, 5.41) is 0.668. The van der Waals surface area contributed by atoms with E-state index in [1.807, 2.05) is 19.1 Å². The molecule has 5 heteroatoms. The first-order valence-electron chi connectivity index (χ1n) is 6.82. The van der Waals surface area contributed by atoms with Crippen molar-refractivity contribution in [3.8, 4) is 0 Å². The van der Waals surface area contributed by atoms with Gasteiger partial charge in [-0.25, -0.2) is 14.6 Å². The van der Waals surface area contributed by atoms with Gasteiger partial charge in [0.15, 0.2) is 0 Å². The van der Waals surface area contributed by atoms with Crippen LogP contribution in [0.1, 0.15) is 40.3 Å². The van der Waals surface area contributed by atoms with Crippen molar-refractivity contribution in [3.05, 3.63) is 41.1 Å². The van der Waals surface area contributed by atoms with Crippen LogP contribution in [0.25, 0.3) is 10.9 Å². The minimum atomic E-state index is -0.550. The van der Waals surface area contributed by atoms with Gasteiger partial charge in [-0.2, -0.15) is 0 Å². The Balaban J connectivity index is 2.63. The molecule has 0 radical (unpaired) electrons. The maximum Gasteiger partial charge on any atom is 0.356 e. The van der Waals surface area contributed by atoms with Crippen molar-refractivity contribution in [2.24, 2.45) is 0 Å². The minimum absolute atomic E-state index is 0.108. The number of carbonyl (C=O) groups is 2. The normalized spacial score (nSPS) is 10.4. The van der Waals surface area contributed by atoms with Crippen molar-refractivity contribution < 1.29 is 19.1 Å². The summed E-state index contributed by atoms with van der Waals surface area (Å²) in [7, 11) is 0. The van der Waals surface area contributed by atoms with Crippen molar-refractivity contribution in [2.45, 2.75) is 20.8 Å². The molecule has 1 heterocycles. The van der Waals surface area contributed by atoms with Crippen molar-refractivity contribution in [1.82, 2.24) is 4.98 Å². The number of carbonyl (C=O) groups excluding carboxylic acids is 2. The van der Waals surface area contributed by atoms with Gasteiger partial charge in [-0.05, 0) is 39.0 Å². The first kappa shape index (κ1) is 15.0. The maximum absolute atomic E-state index is 12.1. The molecule has 2 rings (SSSR count). The number of fused-ring (bicyclic) bond motifs is 1. The van der Waals surface area contributed by atoms with E-state index in [1.165, 1.54) is 6.07 Å². The lowest BCUT2D eigenvalue weighted by Crippen LogP contribution is -2.12. The molecule has 0 N–H and O–H groups in total. The molecule has 0 saturated heterocycles. The predicted octanol–water partition coefficient (Wildman–Crippen LogP) is 2.90. The van der Waals surface area contributed by atoms with Gasteiger partial charge < -0.3 is 9.47 Å². The Morgan fingerprint density at radius 2 is 1.71 bits per heavy atom. The molecule has 0 aliphatic carbocycles. The van der Waals surface area contributed by atoms with E-state index in [0.29, 0.717) is 16.5 Å². The third-order valence-corrected chi connectivity index (χ3v) is 2.94. The Labute approximate surface area is 122 Å². The molecule has 0 unspecified atom stereocenters. The summed E-state index contributed by atoms with van der Waals surface area (Å²) >= 11 is 0. The van der Waals surface area contributed by atoms with Crippen LogP contribution < -0.4 is 0 Å². The smallest absolute Gasteiger partial charge is 0.356 e. The molecule has 0 amide bonds. The Bertz CT molecular complexity index is 694. The van der Waals surface area contributed by atoms with Gasteiger partial charge in [0.25, 0.3) is 0 Å². The number of pyridine rings is 1. The molecule has 1 aromatic carbocycles. The van der Waals surface area contributed by atoms with Crippen LogP contribution in [0.15, 0.2) is 24.3 Å². The van der Waals surface area contributed by atoms with Crippen molar-refractivity contribution >= 4 is 22.8 Å². The van der Waals surface area contributed by atoms with E-state index < -0.39 is 11.9 Å². The number of aromatic nitrogens is 1. The highest BCUT2D eigenvalue weighted by atomic mass is 16.5. The molecule has 0 spiro atoms. The molecule has 1 aromatic heterocycles. The van der Waals surface area contributed by atoms with E-state index in [1.54, 1.807) is 19.9 Å². The Kier molecular flexibility index (Phi) is 4.52. The van der Waals surface area contributed by atoms with Crippen LogP contribution in [-0.2, 0) is 9.47 Å². The Hall–Kier alpha value is -2.43. The molecule has 0 aliphatic rings. The molecule has 0 fully saturated rings. The van der Waals surface area contributed by atoms with Crippen molar-refractivity contribution in [3.63, 3.8) is 0 Å². The zero-order chi connectivity index (χ0) is 15.4. The largest absolute Gasteiger partial charge is 0.462 e. The average molecular weight is 287 g/mol. The number of ether oxygens (including phenoxy) is 2. The molecular weight excluding hydrogens is 270 g/mol. The molecule has 2 aromatic rings. The molecule has 0 aliphatic heterocycles. The van der Waals surface area contributed by atoms with Gasteiger partial charge in [-0.1, -0.05) is 11.6 Å². The summed E-state index contributed by atoms with van der Waals surface area (Å²) in [6.07, 6.45) is 0. The second kappa shape index (κ2) is 6.35. The lowest BCUT2D eigenvalue weighted by molar-refractivity contribution is 0.0519.